The number of hydrogen-bond donors (Lipinski definition) is 0. The molecular formula is C13H9F3N2OS. The maximum Gasteiger partial charge on any atom is 0.425 e. The summed E-state index contributed by atoms with van der Waals surface area (Å²) in [6.45, 7) is 3.30. The third-order valence-electron chi connectivity index (χ3n) is 2.91. The van der Waals surface area contributed by atoms with E-state index in [9.17, 15) is 18.0 Å². The molecule has 0 radical (unpaired) electrons. The van der Waals surface area contributed by atoms with Gasteiger partial charge in [0.25, 0.3) is 0 Å². The van der Waals surface area contributed by atoms with Crippen LogP contribution in [-0.4, -0.2) is 10.9 Å². The van der Waals surface area contributed by atoms with Crippen molar-refractivity contribution in [1.29, 1.82) is 5.26 Å². The number of nitrogens with zero attached hydrogens (tertiary/aromatic N) is 2. The molecule has 0 saturated heterocycles. The molecule has 3 nitrogen and oxygen atoms in total. The van der Waals surface area contributed by atoms with Crippen LogP contribution < -0.4 is 0 Å². The average Bonchev–Trinajstić information content (AvgIpc) is 2.90. The van der Waals surface area contributed by atoms with Gasteiger partial charge in [0.15, 0.2) is 6.29 Å². The summed E-state index contributed by atoms with van der Waals surface area (Å²) in [6, 6.07) is 4.18. The van der Waals surface area contributed by atoms with E-state index in [0.29, 0.717) is 34.6 Å². The summed E-state index contributed by atoms with van der Waals surface area (Å²) >= 11 is 0.496. The van der Waals surface area contributed by atoms with E-state index in [2.05, 4.69) is 0 Å². The SMILES string of the molecule is Cc1cc(C=O)c(C)n1-c1sc(C(F)(F)F)cc1C#N. The highest BCUT2D eigenvalue weighted by molar-refractivity contribution is 7.14. The number of nitriles is 1. The number of hydrogen-bond acceptors (Lipinski definition) is 3. The largest absolute Gasteiger partial charge is 0.425 e. The minimum Gasteiger partial charge on any atom is -0.308 e. The fourth-order valence-electron chi connectivity index (χ4n) is 1.99. The molecule has 0 spiro atoms. The summed E-state index contributed by atoms with van der Waals surface area (Å²) in [5, 5.41) is 9.19. The first-order chi connectivity index (χ1) is 9.29. The second kappa shape index (κ2) is 4.80. The molecule has 0 N–H and O–H groups in total. The molecule has 2 aromatic heterocycles. The van der Waals surface area contributed by atoms with E-state index in [1.165, 1.54) is 4.57 Å². The average molecular weight is 298 g/mol. The van der Waals surface area contributed by atoms with E-state index in [1.807, 2.05) is 0 Å². The summed E-state index contributed by atoms with van der Waals surface area (Å²) in [5.74, 6) is 0. The summed E-state index contributed by atoms with van der Waals surface area (Å²) < 4.78 is 39.7. The third-order valence-corrected chi connectivity index (χ3v) is 4.08. The van der Waals surface area contributed by atoms with Crippen molar-refractivity contribution in [2.24, 2.45) is 0 Å². The topological polar surface area (TPSA) is 45.8 Å². The number of carbonyl (C=O) groups excluding carboxylic acids is 1. The van der Waals surface area contributed by atoms with Gasteiger partial charge in [-0.05, 0) is 26.0 Å². The van der Waals surface area contributed by atoms with Crippen molar-refractivity contribution < 1.29 is 18.0 Å². The molecule has 0 saturated carbocycles. The van der Waals surface area contributed by atoms with Gasteiger partial charge in [0.1, 0.15) is 15.9 Å². The zero-order valence-electron chi connectivity index (χ0n) is 10.6. The van der Waals surface area contributed by atoms with E-state index in [4.69, 9.17) is 5.26 Å². The van der Waals surface area contributed by atoms with Crippen molar-refractivity contribution in [3.8, 4) is 11.1 Å². The van der Waals surface area contributed by atoms with Gasteiger partial charge in [-0.1, -0.05) is 0 Å². The molecule has 20 heavy (non-hydrogen) atoms. The lowest BCUT2D eigenvalue weighted by Gasteiger charge is -2.07. The lowest BCUT2D eigenvalue weighted by atomic mass is 10.3. The van der Waals surface area contributed by atoms with E-state index in [1.54, 1.807) is 26.0 Å². The standard InChI is InChI=1S/C13H9F3N2OS/c1-7-3-10(6-19)8(2)18(7)12-9(5-17)4-11(20-12)13(14,15)16/h3-4,6H,1-2H3. The maximum absolute atomic E-state index is 12.7. The number of carbonyl (C=O) groups is 1. The molecular weight excluding hydrogens is 289 g/mol. The lowest BCUT2D eigenvalue weighted by molar-refractivity contribution is -0.134. The molecule has 0 atom stereocenters. The number of aryl methyl sites for hydroxylation is 1. The van der Waals surface area contributed by atoms with Crippen LogP contribution in [0.15, 0.2) is 12.1 Å². The van der Waals surface area contributed by atoms with Gasteiger partial charge in [0.2, 0.25) is 0 Å². The van der Waals surface area contributed by atoms with Crippen molar-refractivity contribution >= 4 is 17.6 Å². The first kappa shape index (κ1) is 14.3. The summed E-state index contributed by atoms with van der Waals surface area (Å²) in [6.07, 6.45) is -3.85. The van der Waals surface area contributed by atoms with Gasteiger partial charge in [-0.3, -0.25) is 4.79 Å². The van der Waals surface area contributed by atoms with Crippen LogP contribution in [0, 0.1) is 25.2 Å². The predicted octanol–water partition coefficient (Wildman–Crippen LogP) is 3.86. The zero-order valence-corrected chi connectivity index (χ0v) is 11.4. The quantitative estimate of drug-likeness (QED) is 0.790. The van der Waals surface area contributed by atoms with E-state index in [-0.39, 0.29) is 10.6 Å². The Labute approximate surface area is 116 Å². The Morgan fingerprint density at radius 2 is 2.00 bits per heavy atom. The fraction of sp³-hybridized carbons (Fsp3) is 0.231. The number of aldehydes is 1. The van der Waals surface area contributed by atoms with Crippen LogP contribution >= 0.6 is 11.3 Å². The van der Waals surface area contributed by atoms with Gasteiger partial charge in [0.05, 0.1) is 5.56 Å². The first-order valence-corrected chi connectivity index (χ1v) is 6.37. The Kier molecular flexibility index (Phi) is 3.44. The summed E-state index contributed by atoms with van der Waals surface area (Å²) in [5.41, 5.74) is 1.47. The molecule has 0 aromatic carbocycles. The highest BCUT2D eigenvalue weighted by Crippen LogP contribution is 2.39. The Hall–Kier alpha value is -2.07. The molecule has 7 heteroatoms. The van der Waals surface area contributed by atoms with Gasteiger partial charge in [-0.15, -0.1) is 11.3 Å². The van der Waals surface area contributed by atoms with Crippen molar-refractivity contribution in [3.63, 3.8) is 0 Å². The smallest absolute Gasteiger partial charge is 0.308 e. The van der Waals surface area contributed by atoms with Crippen LogP contribution in [0.1, 0.15) is 32.2 Å². The molecule has 0 aliphatic rings. The summed E-state index contributed by atoms with van der Waals surface area (Å²) in [7, 11) is 0. The highest BCUT2D eigenvalue weighted by atomic mass is 32.1. The Morgan fingerprint density at radius 1 is 1.35 bits per heavy atom. The van der Waals surface area contributed by atoms with Crippen molar-refractivity contribution in [2.75, 3.05) is 0 Å². The first-order valence-electron chi connectivity index (χ1n) is 5.55. The zero-order chi connectivity index (χ0) is 15.1. The third kappa shape index (κ3) is 2.23. The van der Waals surface area contributed by atoms with E-state index >= 15 is 0 Å². The predicted molar refractivity (Wildman–Crippen MR) is 68.2 cm³/mol. The van der Waals surface area contributed by atoms with Gasteiger partial charge in [0, 0.05) is 17.0 Å². The molecule has 0 aliphatic heterocycles. The van der Waals surface area contributed by atoms with Crippen LogP contribution in [0.2, 0.25) is 0 Å². The van der Waals surface area contributed by atoms with Crippen LogP contribution in [0.5, 0.6) is 0 Å². The Bertz CT molecular complexity index is 719. The van der Waals surface area contributed by atoms with E-state index < -0.39 is 11.1 Å². The fourth-order valence-corrected chi connectivity index (χ4v) is 3.07. The molecule has 2 heterocycles. The number of alkyl halides is 3. The minimum absolute atomic E-state index is 0.0541. The van der Waals surface area contributed by atoms with Crippen LogP contribution in [0.3, 0.4) is 0 Å². The Balaban J connectivity index is 2.71. The molecule has 0 aliphatic carbocycles. The monoisotopic (exact) mass is 298 g/mol. The van der Waals surface area contributed by atoms with Crippen LogP contribution in [0.25, 0.3) is 5.00 Å². The molecule has 0 fully saturated rings. The number of aromatic nitrogens is 1. The molecule has 2 aromatic rings. The van der Waals surface area contributed by atoms with E-state index in [0.717, 1.165) is 6.07 Å². The maximum atomic E-state index is 12.7. The van der Waals surface area contributed by atoms with Gasteiger partial charge in [-0.25, -0.2) is 0 Å². The summed E-state index contributed by atoms with van der Waals surface area (Å²) in [4.78, 5) is 10.1. The number of rotatable bonds is 2. The van der Waals surface area contributed by atoms with Crippen molar-refractivity contribution in [1.82, 2.24) is 4.57 Å². The molecule has 0 bridgehead atoms. The second-order valence-corrected chi connectivity index (χ2v) is 5.25. The van der Waals surface area contributed by atoms with Crippen molar-refractivity contribution in [2.45, 2.75) is 20.0 Å². The number of halogens is 3. The second-order valence-electron chi connectivity index (χ2n) is 4.22. The normalized spacial score (nSPS) is 11.4. The number of thiophene rings is 1. The molecule has 104 valence electrons. The molecule has 2 rings (SSSR count). The van der Waals surface area contributed by atoms with Crippen LogP contribution in [0.4, 0.5) is 13.2 Å². The van der Waals surface area contributed by atoms with Crippen LogP contribution in [-0.2, 0) is 6.18 Å². The highest BCUT2D eigenvalue weighted by Gasteiger charge is 2.34. The van der Waals surface area contributed by atoms with Gasteiger partial charge < -0.3 is 4.57 Å². The molecule has 0 amide bonds. The van der Waals surface area contributed by atoms with Gasteiger partial charge in [-0.2, -0.15) is 18.4 Å². The van der Waals surface area contributed by atoms with Crippen molar-refractivity contribution in [3.05, 3.63) is 39.5 Å². The Morgan fingerprint density at radius 3 is 2.45 bits per heavy atom. The lowest BCUT2D eigenvalue weighted by Crippen LogP contribution is -2.01. The van der Waals surface area contributed by atoms with Gasteiger partial charge >= 0.3 is 6.18 Å². The molecule has 0 unspecified atom stereocenters. The minimum atomic E-state index is -4.49.